The second-order valence-electron chi connectivity index (χ2n) is 7.46. The molecule has 10 nitrogen and oxygen atoms in total. The van der Waals surface area contributed by atoms with Gasteiger partial charge in [0, 0.05) is 13.0 Å². The van der Waals surface area contributed by atoms with E-state index in [4.69, 9.17) is 9.26 Å². The Morgan fingerprint density at radius 3 is 2.76 bits per heavy atom. The maximum absolute atomic E-state index is 15.5. The molecule has 2 fully saturated rings. The number of imide groups is 2. The Balaban J connectivity index is 1.78. The number of aliphatic hydroxyl groups is 1. The molecule has 0 bridgehead atoms. The van der Waals surface area contributed by atoms with Crippen LogP contribution in [-0.4, -0.2) is 53.4 Å². The van der Waals surface area contributed by atoms with Gasteiger partial charge in [-0.2, -0.15) is 0 Å². The molecule has 0 radical (unpaired) electrons. The number of carbonyl (C=O) groups excluding carboxylic acids is 3. The van der Waals surface area contributed by atoms with Crippen molar-refractivity contribution >= 4 is 34.5 Å². The molecule has 152 valence electrons. The van der Waals surface area contributed by atoms with E-state index >= 15 is 4.39 Å². The summed E-state index contributed by atoms with van der Waals surface area (Å²) in [5.74, 6) is -2.18. The van der Waals surface area contributed by atoms with Gasteiger partial charge >= 0.3 is 6.03 Å². The molecule has 3 N–H and O–H groups in total. The van der Waals surface area contributed by atoms with Gasteiger partial charge in [0.1, 0.15) is 5.69 Å². The van der Waals surface area contributed by atoms with Gasteiger partial charge < -0.3 is 19.3 Å². The maximum atomic E-state index is 15.5. The predicted molar refractivity (Wildman–Crippen MR) is 94.3 cm³/mol. The number of carbonyl (C=O) groups is 3. The zero-order valence-corrected chi connectivity index (χ0v) is 15.3. The lowest BCUT2D eigenvalue weighted by Gasteiger charge is -2.54. The quantitative estimate of drug-likeness (QED) is 0.564. The summed E-state index contributed by atoms with van der Waals surface area (Å²) >= 11 is 0. The minimum absolute atomic E-state index is 0.102. The largest absolute Gasteiger partial charge is 0.390 e. The van der Waals surface area contributed by atoms with E-state index in [9.17, 15) is 19.5 Å². The molecule has 0 unspecified atom stereocenters. The Hall–Kier alpha value is -3.05. The van der Waals surface area contributed by atoms with Gasteiger partial charge in [0.25, 0.3) is 0 Å². The molecule has 1 spiro atoms. The van der Waals surface area contributed by atoms with Gasteiger partial charge in [-0.1, -0.05) is 5.16 Å². The van der Waals surface area contributed by atoms with Crippen molar-refractivity contribution in [3.63, 3.8) is 0 Å². The van der Waals surface area contributed by atoms with Crippen molar-refractivity contribution in [2.45, 2.75) is 32.1 Å². The molecular weight excluding hydrogens is 387 g/mol. The van der Waals surface area contributed by atoms with Crippen molar-refractivity contribution < 1.29 is 33.1 Å². The molecular formula is C18H17FN4O6. The van der Waals surface area contributed by atoms with E-state index in [0.29, 0.717) is 5.56 Å². The van der Waals surface area contributed by atoms with Gasteiger partial charge in [0.15, 0.2) is 11.2 Å². The van der Waals surface area contributed by atoms with Crippen molar-refractivity contribution in [1.82, 2.24) is 15.8 Å². The first kappa shape index (κ1) is 18.0. The first-order valence-electron chi connectivity index (χ1n) is 9.14. The van der Waals surface area contributed by atoms with Gasteiger partial charge in [0.2, 0.25) is 17.4 Å². The molecule has 4 heterocycles. The Bertz CT molecular complexity index is 1060. The van der Waals surface area contributed by atoms with Crippen molar-refractivity contribution in [2.75, 3.05) is 18.1 Å². The number of anilines is 1. The Morgan fingerprint density at radius 2 is 2.07 bits per heavy atom. The number of aliphatic hydroxyl groups excluding tert-OH is 1. The van der Waals surface area contributed by atoms with Crippen LogP contribution in [0.1, 0.15) is 18.2 Å². The summed E-state index contributed by atoms with van der Waals surface area (Å²) in [6.07, 6.45) is -0.732. The van der Waals surface area contributed by atoms with Crippen LogP contribution in [0, 0.1) is 11.2 Å². The van der Waals surface area contributed by atoms with Gasteiger partial charge in [-0.15, -0.1) is 0 Å². The standard InChI is InChI=1S/C18H17FN4O6/c1-7-14-18(15(25)20-17(27)21-16(18)26)5-8-4-9-10(6-24)22-29-13(9)11(19)12(8)23(14)2-3-28-7/h4,7,14,24H,2-3,5-6H2,1H3,(H2,20,21,25,26,27)/t7-,14+/m0/s1. The van der Waals surface area contributed by atoms with Crippen LogP contribution < -0.4 is 15.5 Å². The molecule has 4 amide bonds. The Kier molecular flexibility index (Phi) is 3.71. The van der Waals surface area contributed by atoms with Crippen LogP contribution in [0.25, 0.3) is 11.0 Å². The minimum atomic E-state index is -1.68. The molecule has 29 heavy (non-hydrogen) atoms. The number of hydrogen-bond donors (Lipinski definition) is 3. The zero-order valence-electron chi connectivity index (χ0n) is 15.3. The fourth-order valence-electron chi connectivity index (χ4n) is 4.82. The summed E-state index contributed by atoms with van der Waals surface area (Å²) in [5, 5.41) is 17.8. The molecule has 11 heteroatoms. The fraction of sp³-hybridized carbons (Fsp3) is 0.444. The number of urea groups is 1. The predicted octanol–water partition coefficient (Wildman–Crippen LogP) is -0.0386. The number of benzene rings is 1. The molecule has 2 atom stereocenters. The van der Waals surface area contributed by atoms with E-state index in [1.165, 1.54) is 0 Å². The lowest BCUT2D eigenvalue weighted by molar-refractivity contribution is -0.151. The normalized spacial score (nSPS) is 25.6. The number of barbiturate groups is 1. The van der Waals surface area contributed by atoms with Crippen molar-refractivity contribution in [3.05, 3.63) is 23.1 Å². The average Bonchev–Trinajstić information content (AvgIpc) is 3.09. The van der Waals surface area contributed by atoms with Crippen LogP contribution >= 0.6 is 0 Å². The van der Waals surface area contributed by atoms with Crippen LogP contribution in [0.4, 0.5) is 14.9 Å². The molecule has 5 rings (SSSR count). The summed E-state index contributed by atoms with van der Waals surface area (Å²) < 4.78 is 26.2. The van der Waals surface area contributed by atoms with Gasteiger partial charge in [-0.05, 0) is 18.6 Å². The van der Waals surface area contributed by atoms with Gasteiger partial charge in [-0.3, -0.25) is 20.2 Å². The lowest BCUT2D eigenvalue weighted by atomic mass is 9.66. The van der Waals surface area contributed by atoms with Crippen LogP contribution in [-0.2, 0) is 27.4 Å². The van der Waals surface area contributed by atoms with Crippen LogP contribution in [0.5, 0.6) is 0 Å². The number of morpholine rings is 1. The maximum Gasteiger partial charge on any atom is 0.328 e. The molecule has 3 aliphatic rings. The van der Waals surface area contributed by atoms with Crippen molar-refractivity contribution in [1.29, 1.82) is 0 Å². The number of nitrogens with one attached hydrogen (secondary N) is 2. The SMILES string of the molecule is C[C@@H]1OCCN2c3c(cc4c(CO)noc4c3F)CC3(C(=O)NC(=O)NC3=O)[C@@H]12. The lowest BCUT2D eigenvalue weighted by Crippen LogP contribution is -2.74. The van der Waals surface area contributed by atoms with E-state index < -0.39 is 47.8 Å². The van der Waals surface area contributed by atoms with Crippen molar-refractivity contribution in [3.8, 4) is 0 Å². The highest BCUT2D eigenvalue weighted by molar-refractivity contribution is 6.20. The molecule has 0 saturated carbocycles. The Morgan fingerprint density at radius 1 is 1.34 bits per heavy atom. The second-order valence-corrected chi connectivity index (χ2v) is 7.46. The summed E-state index contributed by atoms with van der Waals surface area (Å²) in [5.41, 5.74) is -1.04. The van der Waals surface area contributed by atoms with Crippen LogP contribution in [0.15, 0.2) is 10.6 Å². The number of halogens is 1. The molecule has 0 aliphatic carbocycles. The number of rotatable bonds is 1. The number of amides is 4. The number of hydrogen-bond acceptors (Lipinski definition) is 8. The van der Waals surface area contributed by atoms with Gasteiger partial charge in [0.05, 0.1) is 36.4 Å². The summed E-state index contributed by atoms with van der Waals surface area (Å²) in [6, 6.07) is -0.148. The highest BCUT2D eigenvalue weighted by Crippen LogP contribution is 2.48. The molecule has 3 aliphatic heterocycles. The first-order valence-corrected chi connectivity index (χ1v) is 9.14. The van der Waals surface area contributed by atoms with E-state index in [0.717, 1.165) is 0 Å². The highest BCUT2D eigenvalue weighted by Gasteiger charge is 2.62. The van der Waals surface area contributed by atoms with Crippen LogP contribution in [0.3, 0.4) is 0 Å². The molecule has 1 aromatic carbocycles. The monoisotopic (exact) mass is 404 g/mol. The topological polar surface area (TPSA) is 134 Å². The van der Waals surface area contributed by atoms with Gasteiger partial charge in [-0.25, -0.2) is 9.18 Å². The smallest absolute Gasteiger partial charge is 0.328 e. The second kappa shape index (κ2) is 5.97. The first-order chi connectivity index (χ1) is 13.9. The third-order valence-electron chi connectivity index (χ3n) is 6.00. The minimum Gasteiger partial charge on any atom is -0.390 e. The van der Waals surface area contributed by atoms with Crippen LogP contribution in [0.2, 0.25) is 0 Å². The Labute approximate surface area is 162 Å². The van der Waals surface area contributed by atoms with E-state index in [2.05, 4.69) is 15.8 Å². The van der Waals surface area contributed by atoms with E-state index in [1.54, 1.807) is 17.9 Å². The third-order valence-corrected chi connectivity index (χ3v) is 6.00. The van der Waals surface area contributed by atoms with Crippen molar-refractivity contribution in [2.24, 2.45) is 5.41 Å². The third kappa shape index (κ3) is 2.22. The molecule has 1 aromatic heterocycles. The average molecular weight is 404 g/mol. The zero-order chi connectivity index (χ0) is 20.5. The van der Waals surface area contributed by atoms with E-state index in [1.807, 2.05) is 0 Å². The fourth-order valence-corrected chi connectivity index (χ4v) is 4.82. The summed E-state index contributed by atoms with van der Waals surface area (Å²) in [6.45, 7) is 1.76. The summed E-state index contributed by atoms with van der Waals surface area (Å²) in [4.78, 5) is 39.3. The number of ether oxygens (including phenoxy) is 1. The number of nitrogens with zero attached hydrogens (tertiary/aromatic N) is 2. The molecule has 2 aromatic rings. The highest BCUT2D eigenvalue weighted by atomic mass is 19.1. The number of fused-ring (bicyclic) bond motifs is 5. The number of aromatic nitrogens is 1. The summed E-state index contributed by atoms with van der Waals surface area (Å²) in [7, 11) is 0. The molecule has 2 saturated heterocycles. The van der Waals surface area contributed by atoms with E-state index in [-0.39, 0.29) is 41.9 Å².